The predicted octanol–water partition coefficient (Wildman–Crippen LogP) is 2.32. The van der Waals surface area contributed by atoms with Crippen LogP contribution in [-0.4, -0.2) is 59.2 Å². The normalized spacial score (nSPS) is 14.3. The second-order valence-corrected chi connectivity index (χ2v) is 7.65. The van der Waals surface area contributed by atoms with Crippen molar-refractivity contribution in [1.82, 2.24) is 14.8 Å². The number of carbonyl (C=O) groups excluding carboxylic acids is 2. The molecule has 1 aliphatic rings. The lowest BCUT2D eigenvalue weighted by Crippen LogP contribution is -2.36. The molecule has 8 heteroatoms. The first-order chi connectivity index (χ1) is 14.8. The topological polar surface area (TPSA) is 86.6 Å². The Balaban J connectivity index is 1.86. The van der Waals surface area contributed by atoms with Gasteiger partial charge in [-0.25, -0.2) is 4.39 Å². The molecule has 1 aromatic carbocycles. The number of fused-ring (bicyclic) bond motifs is 1. The molecule has 166 valence electrons. The molecule has 3 N–H and O–H groups in total. The quantitative estimate of drug-likeness (QED) is 0.563. The van der Waals surface area contributed by atoms with Crippen molar-refractivity contribution in [3.8, 4) is 0 Å². The molecule has 1 aromatic heterocycles. The first kappa shape index (κ1) is 22.7. The maximum Gasteiger partial charge on any atom is 0.256 e. The fraction of sp³-hybridized carbons (Fsp3) is 0.391. The fourth-order valence-corrected chi connectivity index (χ4v) is 3.96. The Hall–Kier alpha value is -2.97. The fourth-order valence-electron chi connectivity index (χ4n) is 3.96. The number of amides is 2. The van der Waals surface area contributed by atoms with E-state index < -0.39 is 5.82 Å². The number of nitrogens with one attached hydrogen (secondary N) is 2. The van der Waals surface area contributed by atoms with Crippen LogP contribution in [0.15, 0.2) is 18.2 Å². The number of anilines is 1. The number of hydrogen-bond acceptors (Lipinski definition) is 4. The van der Waals surface area contributed by atoms with E-state index in [0.29, 0.717) is 42.0 Å². The molecular formula is C23H29FN4O3. The summed E-state index contributed by atoms with van der Waals surface area (Å²) in [7, 11) is 1.84. The number of halogens is 1. The summed E-state index contributed by atoms with van der Waals surface area (Å²) in [5, 5.41) is 14.8. The van der Waals surface area contributed by atoms with Gasteiger partial charge in [-0.15, -0.1) is 0 Å². The number of carbonyl (C=O) groups is 2. The first-order valence-electron chi connectivity index (χ1n) is 10.4. The van der Waals surface area contributed by atoms with Gasteiger partial charge >= 0.3 is 0 Å². The van der Waals surface area contributed by atoms with Crippen LogP contribution in [0.5, 0.6) is 0 Å². The van der Waals surface area contributed by atoms with Crippen LogP contribution in [0, 0.1) is 19.7 Å². The van der Waals surface area contributed by atoms with E-state index in [2.05, 4.69) is 15.5 Å². The van der Waals surface area contributed by atoms with E-state index in [1.54, 1.807) is 12.1 Å². The standard InChI is InChI=1S/C23H29FN4O3/c1-5-28(10-11-29)9-8-25-23(31)21-14(2)20(27(4)15(21)3)13-18-17-12-16(24)6-7-19(17)26-22(18)30/h6-7,12-13,29H,5,8-11H2,1-4H3,(H,25,31)(H,26,30). The lowest BCUT2D eigenvalue weighted by atomic mass is 10.0. The molecule has 3 rings (SSSR count). The van der Waals surface area contributed by atoms with E-state index in [-0.39, 0.29) is 18.4 Å². The maximum absolute atomic E-state index is 13.7. The zero-order valence-electron chi connectivity index (χ0n) is 18.4. The molecule has 1 aliphatic heterocycles. The van der Waals surface area contributed by atoms with E-state index in [1.165, 1.54) is 12.1 Å². The highest BCUT2D eigenvalue weighted by Crippen LogP contribution is 2.35. The van der Waals surface area contributed by atoms with Crippen LogP contribution >= 0.6 is 0 Å². The minimum Gasteiger partial charge on any atom is -0.395 e. The van der Waals surface area contributed by atoms with Crippen LogP contribution in [0.4, 0.5) is 10.1 Å². The minimum atomic E-state index is -0.414. The molecule has 0 aliphatic carbocycles. The summed E-state index contributed by atoms with van der Waals surface area (Å²) in [6, 6.07) is 4.19. The highest BCUT2D eigenvalue weighted by molar-refractivity contribution is 6.35. The van der Waals surface area contributed by atoms with Crippen LogP contribution in [0.25, 0.3) is 11.6 Å². The van der Waals surface area contributed by atoms with Gasteiger partial charge in [0.25, 0.3) is 11.8 Å². The molecule has 0 saturated carbocycles. The predicted molar refractivity (Wildman–Crippen MR) is 119 cm³/mol. The number of nitrogens with zero attached hydrogens (tertiary/aromatic N) is 2. The summed E-state index contributed by atoms with van der Waals surface area (Å²) in [5.74, 6) is -0.894. The number of likely N-dealkylation sites (N-methyl/N-ethyl adjacent to an activating group) is 1. The Bertz CT molecular complexity index is 1040. The molecule has 0 radical (unpaired) electrons. The number of aliphatic hydroxyl groups is 1. The molecule has 0 bridgehead atoms. The Labute approximate surface area is 181 Å². The summed E-state index contributed by atoms with van der Waals surface area (Å²) in [6.45, 7) is 8.26. The monoisotopic (exact) mass is 428 g/mol. The zero-order chi connectivity index (χ0) is 22.7. The average Bonchev–Trinajstić information content (AvgIpc) is 3.15. The molecule has 0 saturated heterocycles. The van der Waals surface area contributed by atoms with Crippen molar-refractivity contribution in [1.29, 1.82) is 0 Å². The highest BCUT2D eigenvalue weighted by atomic mass is 19.1. The van der Waals surface area contributed by atoms with E-state index in [1.807, 2.05) is 32.4 Å². The van der Waals surface area contributed by atoms with Gasteiger partial charge in [0.1, 0.15) is 5.82 Å². The third-order valence-electron chi connectivity index (χ3n) is 5.84. The molecule has 2 amide bonds. The lowest BCUT2D eigenvalue weighted by Gasteiger charge is -2.19. The van der Waals surface area contributed by atoms with Crippen LogP contribution in [0.3, 0.4) is 0 Å². The van der Waals surface area contributed by atoms with Gasteiger partial charge in [-0.2, -0.15) is 0 Å². The molecule has 0 spiro atoms. The van der Waals surface area contributed by atoms with Crippen molar-refractivity contribution in [2.75, 3.05) is 38.1 Å². The third-order valence-corrected chi connectivity index (χ3v) is 5.84. The molecule has 0 atom stereocenters. The summed E-state index contributed by atoms with van der Waals surface area (Å²) in [6.07, 6.45) is 1.71. The van der Waals surface area contributed by atoms with Crippen LogP contribution in [-0.2, 0) is 11.8 Å². The number of benzene rings is 1. The molecule has 0 fully saturated rings. The Morgan fingerprint density at radius 2 is 2.06 bits per heavy atom. The van der Waals surface area contributed by atoms with Crippen molar-refractivity contribution < 1.29 is 19.1 Å². The van der Waals surface area contributed by atoms with Gasteiger partial charge in [-0.1, -0.05) is 6.92 Å². The summed E-state index contributed by atoms with van der Waals surface area (Å²) in [5.41, 5.74) is 4.28. The average molecular weight is 429 g/mol. The molecule has 0 unspecified atom stereocenters. The van der Waals surface area contributed by atoms with Crippen molar-refractivity contribution in [2.24, 2.45) is 7.05 Å². The van der Waals surface area contributed by atoms with Gasteiger partial charge in [-0.05, 0) is 50.2 Å². The number of aliphatic hydroxyl groups excluding tert-OH is 1. The Morgan fingerprint density at radius 3 is 2.74 bits per heavy atom. The SMILES string of the molecule is CCN(CCO)CCNC(=O)c1c(C)c(C=C2C(=O)Nc3ccc(F)cc32)n(C)c1C. The summed E-state index contributed by atoms with van der Waals surface area (Å²) in [4.78, 5) is 27.4. The zero-order valence-corrected chi connectivity index (χ0v) is 18.4. The van der Waals surface area contributed by atoms with Crippen LogP contribution < -0.4 is 10.6 Å². The molecule has 7 nitrogen and oxygen atoms in total. The van der Waals surface area contributed by atoms with E-state index >= 15 is 0 Å². The van der Waals surface area contributed by atoms with Gasteiger partial charge in [0.2, 0.25) is 0 Å². The maximum atomic E-state index is 13.7. The molecule has 2 aromatic rings. The molecule has 31 heavy (non-hydrogen) atoms. The lowest BCUT2D eigenvalue weighted by molar-refractivity contribution is -0.110. The van der Waals surface area contributed by atoms with Crippen molar-refractivity contribution >= 4 is 29.2 Å². The van der Waals surface area contributed by atoms with Crippen molar-refractivity contribution in [3.05, 3.63) is 52.1 Å². The van der Waals surface area contributed by atoms with Crippen molar-refractivity contribution in [3.63, 3.8) is 0 Å². The minimum absolute atomic E-state index is 0.0807. The van der Waals surface area contributed by atoms with Crippen LogP contribution in [0.1, 0.15) is 39.8 Å². The van der Waals surface area contributed by atoms with Gasteiger partial charge < -0.3 is 20.3 Å². The van der Waals surface area contributed by atoms with E-state index in [9.17, 15) is 14.0 Å². The van der Waals surface area contributed by atoms with Crippen LogP contribution in [0.2, 0.25) is 0 Å². The molecule has 2 heterocycles. The highest BCUT2D eigenvalue weighted by Gasteiger charge is 2.27. The summed E-state index contributed by atoms with van der Waals surface area (Å²) < 4.78 is 15.6. The Kier molecular flexibility index (Phi) is 6.92. The number of hydrogen-bond donors (Lipinski definition) is 3. The largest absolute Gasteiger partial charge is 0.395 e. The second-order valence-electron chi connectivity index (χ2n) is 7.65. The number of aromatic nitrogens is 1. The van der Waals surface area contributed by atoms with Gasteiger partial charge in [0, 0.05) is 49.3 Å². The summed E-state index contributed by atoms with van der Waals surface area (Å²) >= 11 is 0. The van der Waals surface area contributed by atoms with Gasteiger partial charge in [0.05, 0.1) is 17.7 Å². The molecular weight excluding hydrogens is 399 g/mol. The third kappa shape index (κ3) is 4.55. The van der Waals surface area contributed by atoms with E-state index in [0.717, 1.165) is 23.5 Å². The van der Waals surface area contributed by atoms with Gasteiger partial charge in [0.15, 0.2) is 0 Å². The first-order valence-corrected chi connectivity index (χ1v) is 10.4. The second kappa shape index (κ2) is 9.45. The number of rotatable bonds is 8. The van der Waals surface area contributed by atoms with E-state index in [4.69, 9.17) is 5.11 Å². The Morgan fingerprint density at radius 1 is 1.32 bits per heavy atom. The van der Waals surface area contributed by atoms with Crippen molar-refractivity contribution in [2.45, 2.75) is 20.8 Å². The smallest absolute Gasteiger partial charge is 0.256 e. The van der Waals surface area contributed by atoms with Gasteiger partial charge in [-0.3, -0.25) is 14.5 Å².